The molecule has 0 amide bonds. The van der Waals surface area contributed by atoms with Crippen molar-refractivity contribution in [2.75, 3.05) is 18.4 Å². The lowest BCUT2D eigenvalue weighted by molar-refractivity contribution is 0.286. The van der Waals surface area contributed by atoms with E-state index in [1.165, 1.54) is 0 Å². The molecule has 0 N–H and O–H groups in total. The van der Waals surface area contributed by atoms with Gasteiger partial charge in [-0.1, -0.05) is 15.9 Å². The van der Waals surface area contributed by atoms with Crippen LogP contribution in [-0.4, -0.2) is 35.9 Å². The van der Waals surface area contributed by atoms with Crippen LogP contribution in [0.2, 0.25) is 0 Å². The summed E-state index contributed by atoms with van der Waals surface area (Å²) in [6.45, 7) is 6.64. The van der Waals surface area contributed by atoms with E-state index in [-0.39, 0.29) is 0 Å². The maximum absolute atomic E-state index is 12.1. The smallest absolute Gasteiger partial charge is 0.212 e. The van der Waals surface area contributed by atoms with Crippen LogP contribution in [0.5, 0.6) is 0 Å². The van der Waals surface area contributed by atoms with E-state index < -0.39 is 14.8 Å². The molecule has 5 heteroatoms. The van der Waals surface area contributed by atoms with Crippen molar-refractivity contribution in [3.8, 4) is 0 Å². The van der Waals surface area contributed by atoms with Gasteiger partial charge in [0.15, 0.2) is 0 Å². The molecule has 0 bridgehead atoms. The van der Waals surface area contributed by atoms with E-state index in [0.29, 0.717) is 19.0 Å². The third kappa shape index (κ3) is 2.94. The molecule has 0 aromatic heterocycles. The average molecular weight is 298 g/mol. The van der Waals surface area contributed by atoms with Crippen molar-refractivity contribution >= 4 is 26.0 Å². The molecule has 90 valence electrons. The fraction of sp³-hybridized carbons (Fsp3) is 1.00. The Bertz CT molecular complexity index is 300. The van der Waals surface area contributed by atoms with Crippen molar-refractivity contribution in [2.45, 2.75) is 38.4 Å². The molecular weight excluding hydrogens is 278 g/mol. The standard InChI is InChI=1S/C10H20BrNO2S/c1-10(2,3)15(13,14)12-6-4-9(8-11)5-7-12/h9H,4-8H2,1-3H3. The van der Waals surface area contributed by atoms with Crippen molar-refractivity contribution in [2.24, 2.45) is 5.92 Å². The monoisotopic (exact) mass is 297 g/mol. The first-order valence-electron chi connectivity index (χ1n) is 5.34. The normalized spacial score (nSPS) is 21.9. The number of halogens is 1. The lowest BCUT2D eigenvalue weighted by Crippen LogP contribution is -2.46. The van der Waals surface area contributed by atoms with E-state index in [4.69, 9.17) is 0 Å². The Labute approximate surface area is 101 Å². The zero-order chi connectivity index (χ0) is 11.7. The molecule has 0 atom stereocenters. The number of hydrogen-bond acceptors (Lipinski definition) is 2. The largest absolute Gasteiger partial charge is 0.219 e. The summed E-state index contributed by atoms with van der Waals surface area (Å²) in [5.41, 5.74) is 0. The molecule has 0 radical (unpaired) electrons. The first-order chi connectivity index (χ1) is 6.79. The highest BCUT2D eigenvalue weighted by Gasteiger charge is 2.36. The van der Waals surface area contributed by atoms with E-state index in [9.17, 15) is 8.42 Å². The first kappa shape index (κ1) is 13.5. The maximum Gasteiger partial charge on any atom is 0.219 e. The minimum absolute atomic E-state index is 0.636. The van der Waals surface area contributed by atoms with Crippen LogP contribution in [0, 0.1) is 5.92 Å². The van der Waals surface area contributed by atoms with Gasteiger partial charge in [-0.25, -0.2) is 12.7 Å². The topological polar surface area (TPSA) is 37.4 Å². The van der Waals surface area contributed by atoms with Gasteiger partial charge in [-0.3, -0.25) is 0 Å². The number of piperidine rings is 1. The molecular formula is C10H20BrNO2S. The van der Waals surface area contributed by atoms with Crippen LogP contribution < -0.4 is 0 Å². The maximum atomic E-state index is 12.1. The van der Waals surface area contributed by atoms with E-state index in [2.05, 4.69) is 15.9 Å². The predicted molar refractivity (Wildman–Crippen MR) is 66.8 cm³/mol. The molecule has 0 aliphatic carbocycles. The second-order valence-electron chi connectivity index (χ2n) is 5.11. The molecule has 0 aromatic rings. The third-order valence-corrected chi connectivity index (χ3v) is 6.41. The van der Waals surface area contributed by atoms with Crippen molar-refractivity contribution < 1.29 is 8.42 Å². The second-order valence-corrected chi connectivity index (χ2v) is 8.45. The van der Waals surface area contributed by atoms with Crippen LogP contribution in [0.25, 0.3) is 0 Å². The van der Waals surface area contributed by atoms with Crippen molar-refractivity contribution in [1.82, 2.24) is 4.31 Å². The van der Waals surface area contributed by atoms with E-state index >= 15 is 0 Å². The summed E-state index contributed by atoms with van der Waals surface area (Å²) in [4.78, 5) is 0. The Hall–Kier alpha value is 0.390. The lowest BCUT2D eigenvalue weighted by Gasteiger charge is -2.34. The van der Waals surface area contributed by atoms with Gasteiger partial charge < -0.3 is 0 Å². The molecule has 3 nitrogen and oxygen atoms in total. The molecule has 1 heterocycles. The van der Waals surface area contributed by atoms with Gasteiger partial charge in [0.2, 0.25) is 10.0 Å². The van der Waals surface area contributed by atoms with Crippen LogP contribution in [0.15, 0.2) is 0 Å². The van der Waals surface area contributed by atoms with Crippen molar-refractivity contribution in [3.05, 3.63) is 0 Å². The molecule has 1 aliphatic heterocycles. The number of rotatable bonds is 2. The van der Waals surface area contributed by atoms with Gasteiger partial charge in [0.1, 0.15) is 0 Å². The van der Waals surface area contributed by atoms with Gasteiger partial charge in [-0.05, 0) is 39.5 Å². The third-order valence-electron chi connectivity index (χ3n) is 2.91. The van der Waals surface area contributed by atoms with Gasteiger partial charge in [-0.15, -0.1) is 0 Å². The summed E-state index contributed by atoms with van der Waals surface area (Å²) in [5, 5.41) is 0.983. The van der Waals surface area contributed by atoms with Gasteiger partial charge >= 0.3 is 0 Å². The Morgan fingerprint density at radius 2 is 1.73 bits per heavy atom. The molecule has 0 aromatic carbocycles. The molecule has 15 heavy (non-hydrogen) atoms. The SMILES string of the molecule is CC(C)(C)S(=O)(=O)N1CCC(CBr)CC1. The van der Waals surface area contributed by atoms with Crippen LogP contribution >= 0.6 is 15.9 Å². The molecule has 0 saturated carbocycles. The summed E-state index contributed by atoms with van der Waals surface area (Å²) in [6.07, 6.45) is 1.95. The summed E-state index contributed by atoms with van der Waals surface area (Å²) < 4.78 is 25.2. The fourth-order valence-corrected chi connectivity index (χ4v) is 3.80. The highest BCUT2D eigenvalue weighted by Crippen LogP contribution is 2.26. The Kier molecular flexibility index (Phi) is 4.23. The quantitative estimate of drug-likeness (QED) is 0.733. The summed E-state index contributed by atoms with van der Waals surface area (Å²) >= 11 is 3.45. The van der Waals surface area contributed by atoms with E-state index in [0.717, 1.165) is 18.2 Å². The van der Waals surface area contributed by atoms with Crippen LogP contribution in [0.1, 0.15) is 33.6 Å². The Balaban J connectivity index is 2.69. The van der Waals surface area contributed by atoms with Crippen LogP contribution in [0.3, 0.4) is 0 Å². The van der Waals surface area contributed by atoms with Gasteiger partial charge in [-0.2, -0.15) is 0 Å². The van der Waals surface area contributed by atoms with Crippen LogP contribution in [-0.2, 0) is 10.0 Å². The van der Waals surface area contributed by atoms with E-state index in [1.54, 1.807) is 25.1 Å². The van der Waals surface area contributed by atoms with Gasteiger partial charge in [0.25, 0.3) is 0 Å². The second kappa shape index (κ2) is 4.72. The fourth-order valence-electron chi connectivity index (χ4n) is 1.69. The van der Waals surface area contributed by atoms with Crippen molar-refractivity contribution in [3.63, 3.8) is 0 Å². The van der Waals surface area contributed by atoms with Crippen molar-refractivity contribution in [1.29, 1.82) is 0 Å². The molecule has 1 aliphatic rings. The zero-order valence-corrected chi connectivity index (χ0v) is 12.1. The summed E-state index contributed by atoms with van der Waals surface area (Å²) in [6, 6.07) is 0. The number of alkyl halides is 1. The minimum Gasteiger partial charge on any atom is -0.212 e. The number of sulfonamides is 1. The molecule has 1 rings (SSSR count). The van der Waals surface area contributed by atoms with Crippen LogP contribution in [0.4, 0.5) is 0 Å². The molecule has 1 fully saturated rings. The minimum atomic E-state index is -3.11. The predicted octanol–water partition coefficient (Wildman–Crippen LogP) is 2.22. The highest BCUT2D eigenvalue weighted by molar-refractivity contribution is 9.09. The highest BCUT2D eigenvalue weighted by atomic mass is 79.9. The zero-order valence-electron chi connectivity index (χ0n) is 9.66. The van der Waals surface area contributed by atoms with E-state index in [1.807, 2.05) is 0 Å². The Morgan fingerprint density at radius 3 is 2.07 bits per heavy atom. The first-order valence-corrected chi connectivity index (χ1v) is 7.91. The lowest BCUT2D eigenvalue weighted by atomic mass is 10.0. The Morgan fingerprint density at radius 1 is 1.27 bits per heavy atom. The molecule has 1 saturated heterocycles. The summed E-state index contributed by atoms with van der Waals surface area (Å²) in [7, 11) is -3.11. The average Bonchev–Trinajstić information content (AvgIpc) is 2.16. The number of nitrogens with zero attached hydrogens (tertiary/aromatic N) is 1. The number of hydrogen-bond donors (Lipinski definition) is 0. The molecule has 0 spiro atoms. The molecule has 0 unspecified atom stereocenters. The summed E-state index contributed by atoms with van der Waals surface area (Å²) in [5.74, 6) is 0.636. The van der Waals surface area contributed by atoms with Gasteiger partial charge in [0, 0.05) is 18.4 Å². The van der Waals surface area contributed by atoms with Gasteiger partial charge in [0.05, 0.1) is 4.75 Å².